The number of hydrogen-bond acceptors (Lipinski definition) is 0. The van der Waals surface area contributed by atoms with Gasteiger partial charge >= 0.3 is 0 Å². The zero-order valence-corrected chi connectivity index (χ0v) is 11.4. The van der Waals surface area contributed by atoms with Crippen LogP contribution in [0.2, 0.25) is 0 Å². The van der Waals surface area contributed by atoms with Crippen molar-refractivity contribution in [2.45, 2.75) is 78.1 Å². The molecule has 0 bridgehead atoms. The molecule has 0 aromatic heterocycles. The third-order valence-corrected chi connectivity index (χ3v) is 5.28. The molecular weight excluding hydrogens is 192 g/mol. The molecule has 0 aromatic rings. The molecule has 2 aliphatic carbocycles. The molecule has 0 amide bonds. The van der Waals surface area contributed by atoms with Crippen LogP contribution in [0.25, 0.3) is 0 Å². The monoisotopic (exact) mass is 222 g/mol. The second kappa shape index (κ2) is 6.07. The molecule has 16 heavy (non-hydrogen) atoms. The normalized spacial score (nSPS) is 42.4. The van der Waals surface area contributed by atoms with E-state index >= 15 is 0 Å². The highest BCUT2D eigenvalue weighted by Crippen LogP contribution is 2.39. The lowest BCUT2D eigenvalue weighted by Crippen LogP contribution is -2.22. The summed E-state index contributed by atoms with van der Waals surface area (Å²) >= 11 is 0. The molecule has 2 rings (SSSR count). The average molecular weight is 222 g/mol. The first-order valence-corrected chi connectivity index (χ1v) is 7.75. The van der Waals surface area contributed by atoms with Crippen molar-refractivity contribution in [3.8, 4) is 0 Å². The van der Waals surface area contributed by atoms with Crippen LogP contribution >= 0.6 is 0 Å². The maximum Gasteiger partial charge on any atom is -0.0386 e. The molecule has 0 nitrogen and oxygen atoms in total. The molecular formula is C16H30. The van der Waals surface area contributed by atoms with Gasteiger partial charge in [-0.3, -0.25) is 0 Å². The summed E-state index contributed by atoms with van der Waals surface area (Å²) in [6.45, 7) is 4.90. The first-order valence-electron chi connectivity index (χ1n) is 7.75. The van der Waals surface area contributed by atoms with Gasteiger partial charge in [0.15, 0.2) is 0 Å². The largest absolute Gasteiger partial charge is 0.0625 e. The Morgan fingerprint density at radius 2 is 0.938 bits per heavy atom. The van der Waals surface area contributed by atoms with E-state index in [-0.39, 0.29) is 0 Å². The van der Waals surface area contributed by atoms with Gasteiger partial charge in [0.05, 0.1) is 0 Å². The lowest BCUT2D eigenvalue weighted by atomic mass is 9.71. The first-order chi connectivity index (χ1) is 7.75. The molecule has 0 aliphatic heterocycles. The van der Waals surface area contributed by atoms with E-state index in [1.54, 1.807) is 25.7 Å². The molecule has 2 atom stereocenters. The molecule has 2 fully saturated rings. The third-order valence-electron chi connectivity index (χ3n) is 5.28. The van der Waals surface area contributed by atoms with Crippen molar-refractivity contribution in [2.75, 3.05) is 0 Å². The van der Waals surface area contributed by atoms with Crippen molar-refractivity contribution in [2.24, 2.45) is 23.7 Å². The van der Waals surface area contributed by atoms with Crippen LogP contribution in [0.15, 0.2) is 0 Å². The second-order valence-electron chi connectivity index (χ2n) is 6.75. The summed E-state index contributed by atoms with van der Waals surface area (Å²) in [6.07, 6.45) is 15.2. The highest BCUT2D eigenvalue weighted by atomic mass is 14.3. The summed E-state index contributed by atoms with van der Waals surface area (Å²) in [7, 11) is 0. The van der Waals surface area contributed by atoms with Crippen molar-refractivity contribution in [1.82, 2.24) is 0 Å². The molecule has 0 heteroatoms. The predicted molar refractivity (Wildman–Crippen MR) is 71.5 cm³/mol. The van der Waals surface area contributed by atoms with Gasteiger partial charge in [0.25, 0.3) is 0 Å². The van der Waals surface area contributed by atoms with Gasteiger partial charge in [-0.15, -0.1) is 0 Å². The highest BCUT2D eigenvalue weighted by molar-refractivity contribution is 4.78. The van der Waals surface area contributed by atoms with Crippen LogP contribution in [0.1, 0.15) is 78.1 Å². The Labute approximate surface area is 102 Å². The van der Waals surface area contributed by atoms with Crippen LogP contribution in [-0.2, 0) is 0 Å². The first kappa shape index (κ1) is 12.5. The molecule has 94 valence electrons. The van der Waals surface area contributed by atoms with Crippen LogP contribution in [0.3, 0.4) is 0 Å². The Morgan fingerprint density at radius 3 is 1.56 bits per heavy atom. The van der Waals surface area contributed by atoms with Gasteiger partial charge in [0, 0.05) is 0 Å². The van der Waals surface area contributed by atoms with Gasteiger partial charge < -0.3 is 0 Å². The van der Waals surface area contributed by atoms with E-state index in [9.17, 15) is 0 Å². The van der Waals surface area contributed by atoms with Gasteiger partial charge in [-0.2, -0.15) is 0 Å². The molecule has 0 saturated heterocycles. The molecule has 2 saturated carbocycles. The maximum atomic E-state index is 2.46. The van der Waals surface area contributed by atoms with Crippen molar-refractivity contribution >= 4 is 0 Å². The Hall–Kier alpha value is 0. The summed E-state index contributed by atoms with van der Waals surface area (Å²) in [5.74, 6) is 4.21. The zero-order chi connectivity index (χ0) is 11.4. The fourth-order valence-corrected chi connectivity index (χ4v) is 3.92. The van der Waals surface area contributed by atoms with E-state index < -0.39 is 0 Å². The fraction of sp³-hybridized carbons (Fsp3) is 1.00. The molecule has 0 heterocycles. The minimum Gasteiger partial charge on any atom is -0.0625 e. The average Bonchev–Trinajstić information content (AvgIpc) is 2.26. The lowest BCUT2D eigenvalue weighted by molar-refractivity contribution is 0.173. The molecule has 0 aromatic carbocycles. The van der Waals surface area contributed by atoms with Crippen LogP contribution in [0.5, 0.6) is 0 Å². The Balaban J connectivity index is 1.82. The predicted octanol–water partition coefficient (Wildman–Crippen LogP) is 5.42. The summed E-state index contributed by atoms with van der Waals surface area (Å²) in [4.78, 5) is 0. The summed E-state index contributed by atoms with van der Waals surface area (Å²) in [5, 5.41) is 0. The molecule has 0 N–H and O–H groups in total. The SMILES string of the molecule is CC1CCCCC(C2CCC(C)CC2)CC1. The number of rotatable bonds is 1. The third kappa shape index (κ3) is 3.50. The topological polar surface area (TPSA) is 0 Å². The van der Waals surface area contributed by atoms with Crippen LogP contribution in [0, 0.1) is 23.7 Å². The van der Waals surface area contributed by atoms with Gasteiger partial charge in [0.1, 0.15) is 0 Å². The van der Waals surface area contributed by atoms with E-state index in [4.69, 9.17) is 0 Å². The van der Waals surface area contributed by atoms with Crippen molar-refractivity contribution in [1.29, 1.82) is 0 Å². The summed E-state index contributed by atoms with van der Waals surface area (Å²) < 4.78 is 0. The number of hydrogen-bond donors (Lipinski definition) is 0. The standard InChI is InChI=1S/C16H30/c1-13-5-3-4-6-15(10-7-13)16-11-8-14(2)9-12-16/h13-16H,3-12H2,1-2H3. The van der Waals surface area contributed by atoms with Crippen molar-refractivity contribution in [3.05, 3.63) is 0 Å². The minimum atomic E-state index is 1.00. The summed E-state index contributed by atoms with van der Waals surface area (Å²) in [6, 6.07) is 0. The molecule has 2 unspecified atom stereocenters. The molecule has 2 aliphatic rings. The van der Waals surface area contributed by atoms with E-state index in [1.807, 2.05) is 0 Å². The van der Waals surface area contributed by atoms with E-state index in [1.165, 1.54) is 38.5 Å². The Kier molecular flexibility index (Phi) is 4.73. The van der Waals surface area contributed by atoms with E-state index in [0.717, 1.165) is 23.7 Å². The molecule has 0 radical (unpaired) electrons. The lowest BCUT2D eigenvalue weighted by Gasteiger charge is -2.34. The van der Waals surface area contributed by atoms with Crippen LogP contribution in [0.4, 0.5) is 0 Å². The van der Waals surface area contributed by atoms with E-state index in [2.05, 4.69) is 13.8 Å². The van der Waals surface area contributed by atoms with Gasteiger partial charge in [-0.1, -0.05) is 58.8 Å². The summed E-state index contributed by atoms with van der Waals surface area (Å²) in [5.41, 5.74) is 0. The maximum absolute atomic E-state index is 2.46. The van der Waals surface area contributed by atoms with Gasteiger partial charge in [0.2, 0.25) is 0 Å². The van der Waals surface area contributed by atoms with Crippen molar-refractivity contribution < 1.29 is 0 Å². The highest BCUT2D eigenvalue weighted by Gasteiger charge is 2.26. The minimum absolute atomic E-state index is 1.00. The van der Waals surface area contributed by atoms with Crippen LogP contribution in [-0.4, -0.2) is 0 Å². The Bertz CT molecular complexity index is 188. The fourth-order valence-electron chi connectivity index (χ4n) is 3.92. The van der Waals surface area contributed by atoms with Gasteiger partial charge in [-0.25, -0.2) is 0 Å². The smallest absolute Gasteiger partial charge is 0.0386 e. The zero-order valence-electron chi connectivity index (χ0n) is 11.4. The van der Waals surface area contributed by atoms with E-state index in [0.29, 0.717) is 0 Å². The van der Waals surface area contributed by atoms with Gasteiger partial charge in [-0.05, 0) is 42.9 Å². The molecule has 0 spiro atoms. The Morgan fingerprint density at radius 1 is 0.500 bits per heavy atom. The van der Waals surface area contributed by atoms with Crippen LogP contribution < -0.4 is 0 Å². The quantitative estimate of drug-likeness (QED) is 0.556. The second-order valence-corrected chi connectivity index (χ2v) is 6.75. The van der Waals surface area contributed by atoms with Crippen molar-refractivity contribution in [3.63, 3.8) is 0 Å².